The third-order valence-corrected chi connectivity index (χ3v) is 7.35. The van der Waals surface area contributed by atoms with E-state index in [9.17, 15) is 13.2 Å². The maximum absolute atomic E-state index is 12.8. The Morgan fingerprint density at radius 3 is 2.58 bits per heavy atom. The molecule has 1 aromatic rings. The van der Waals surface area contributed by atoms with Gasteiger partial charge in [-0.05, 0) is 36.8 Å². The average molecular weight is 351 g/mol. The van der Waals surface area contributed by atoms with E-state index in [0.717, 1.165) is 6.42 Å². The van der Waals surface area contributed by atoms with E-state index < -0.39 is 10.0 Å². The molecular weight excluding hydrogens is 326 g/mol. The Labute approximate surface area is 143 Å². The smallest absolute Gasteiger partial charge is 0.253 e. The molecule has 7 heteroatoms. The lowest BCUT2D eigenvalue weighted by molar-refractivity contribution is 0.0759. The van der Waals surface area contributed by atoms with Crippen molar-refractivity contribution in [3.8, 4) is 0 Å². The first kappa shape index (κ1) is 17.4. The number of rotatable bonds is 3. The van der Waals surface area contributed by atoms with Crippen molar-refractivity contribution in [1.29, 1.82) is 0 Å². The summed E-state index contributed by atoms with van der Waals surface area (Å²) in [4.78, 5) is 18.3. The van der Waals surface area contributed by atoms with Crippen LogP contribution in [0.1, 0.15) is 37.0 Å². The van der Waals surface area contributed by atoms with Gasteiger partial charge in [-0.1, -0.05) is 13.8 Å². The number of carbonyl (C=O) groups is 1. The van der Waals surface area contributed by atoms with E-state index in [0.29, 0.717) is 44.1 Å². The Morgan fingerprint density at radius 2 is 1.92 bits per heavy atom. The molecule has 3 heterocycles. The molecule has 0 bridgehead atoms. The molecule has 6 nitrogen and oxygen atoms in total. The summed E-state index contributed by atoms with van der Waals surface area (Å²) >= 11 is 0. The zero-order valence-electron chi connectivity index (χ0n) is 14.3. The zero-order chi connectivity index (χ0) is 17.3. The summed E-state index contributed by atoms with van der Waals surface area (Å²) in [5.74, 6) is 0.421. The molecule has 1 amide bonds. The van der Waals surface area contributed by atoms with Crippen LogP contribution in [0.3, 0.4) is 0 Å². The number of fused-ring (bicyclic) bond motifs is 1. The fourth-order valence-corrected chi connectivity index (χ4v) is 6.16. The number of hydrogen-bond donors (Lipinski definition) is 0. The van der Waals surface area contributed by atoms with Crippen molar-refractivity contribution in [1.82, 2.24) is 14.2 Å². The summed E-state index contributed by atoms with van der Waals surface area (Å²) in [5.41, 5.74) is 0.612. The maximum atomic E-state index is 12.8. The molecule has 0 saturated carbocycles. The molecule has 2 aliphatic heterocycles. The lowest BCUT2D eigenvalue weighted by Crippen LogP contribution is -2.35. The van der Waals surface area contributed by atoms with E-state index >= 15 is 0 Å². The minimum absolute atomic E-state index is 0.0335. The highest BCUT2D eigenvalue weighted by molar-refractivity contribution is 7.90. The van der Waals surface area contributed by atoms with Crippen LogP contribution in [-0.2, 0) is 10.0 Å². The van der Waals surface area contributed by atoms with Crippen LogP contribution in [0.25, 0.3) is 0 Å². The zero-order valence-corrected chi connectivity index (χ0v) is 15.1. The van der Waals surface area contributed by atoms with Gasteiger partial charge in [0.2, 0.25) is 10.0 Å². The van der Waals surface area contributed by atoms with Crippen LogP contribution in [0.15, 0.2) is 24.5 Å². The van der Waals surface area contributed by atoms with Gasteiger partial charge in [0, 0.05) is 44.1 Å². The topological polar surface area (TPSA) is 70.6 Å². The molecule has 132 valence electrons. The molecule has 2 atom stereocenters. The minimum Gasteiger partial charge on any atom is -0.339 e. The van der Waals surface area contributed by atoms with Crippen molar-refractivity contribution < 1.29 is 13.2 Å². The second-order valence-electron chi connectivity index (χ2n) is 7.16. The summed E-state index contributed by atoms with van der Waals surface area (Å²) in [6, 6.07) is 3.41. The molecule has 2 saturated heterocycles. The summed E-state index contributed by atoms with van der Waals surface area (Å²) in [6.07, 6.45) is 4.48. The Bertz CT molecular complexity index is 690. The van der Waals surface area contributed by atoms with E-state index in [2.05, 4.69) is 4.98 Å². The summed E-state index contributed by atoms with van der Waals surface area (Å²) < 4.78 is 27.2. The number of pyridine rings is 1. The molecule has 0 unspecified atom stereocenters. The SMILES string of the molecule is CC(C)CN1C[C@H]2CCN(C(=O)c3ccncc3)CC[C@H]2S1(=O)=O. The van der Waals surface area contributed by atoms with Gasteiger partial charge in [0.25, 0.3) is 5.91 Å². The van der Waals surface area contributed by atoms with Crippen LogP contribution < -0.4 is 0 Å². The Kier molecular flexibility index (Phi) is 4.92. The predicted octanol–water partition coefficient (Wildman–Crippen LogP) is 1.60. The minimum atomic E-state index is -3.23. The number of hydrogen-bond acceptors (Lipinski definition) is 4. The Hall–Kier alpha value is -1.47. The molecule has 2 aliphatic rings. The van der Waals surface area contributed by atoms with E-state index in [4.69, 9.17) is 0 Å². The third-order valence-electron chi connectivity index (χ3n) is 4.94. The van der Waals surface area contributed by atoms with Crippen molar-refractivity contribution in [3.05, 3.63) is 30.1 Å². The monoisotopic (exact) mass is 351 g/mol. The van der Waals surface area contributed by atoms with Crippen LogP contribution in [0, 0.1) is 11.8 Å². The molecule has 1 aromatic heterocycles. The van der Waals surface area contributed by atoms with Gasteiger partial charge in [-0.15, -0.1) is 0 Å². The highest BCUT2D eigenvalue weighted by Gasteiger charge is 2.47. The first-order valence-electron chi connectivity index (χ1n) is 8.58. The number of nitrogens with zero attached hydrogens (tertiary/aromatic N) is 3. The fourth-order valence-electron chi connectivity index (χ4n) is 3.76. The number of amides is 1. The van der Waals surface area contributed by atoms with Gasteiger partial charge in [0.1, 0.15) is 0 Å². The van der Waals surface area contributed by atoms with Crippen LogP contribution in [0.4, 0.5) is 0 Å². The molecule has 0 aliphatic carbocycles. The van der Waals surface area contributed by atoms with Gasteiger partial charge >= 0.3 is 0 Å². The molecule has 0 spiro atoms. The molecule has 0 aromatic carbocycles. The molecule has 2 fully saturated rings. The summed E-state index contributed by atoms with van der Waals surface area (Å²) in [7, 11) is -3.23. The molecule has 0 N–H and O–H groups in total. The number of carbonyl (C=O) groups excluding carboxylic acids is 1. The van der Waals surface area contributed by atoms with Crippen molar-refractivity contribution in [2.45, 2.75) is 31.9 Å². The standard InChI is InChI=1S/C17H25N3O3S/c1-13(2)11-20-12-15-5-9-19(10-6-16(15)24(20,22)23)17(21)14-3-7-18-8-4-14/h3-4,7-8,13,15-16H,5-6,9-12H2,1-2H3/t15-,16-/m1/s1. The van der Waals surface area contributed by atoms with Gasteiger partial charge in [0.05, 0.1) is 5.25 Å². The van der Waals surface area contributed by atoms with Crippen molar-refractivity contribution in [3.63, 3.8) is 0 Å². The largest absolute Gasteiger partial charge is 0.339 e. The predicted molar refractivity (Wildman–Crippen MR) is 92.0 cm³/mol. The van der Waals surface area contributed by atoms with E-state index in [1.54, 1.807) is 33.7 Å². The summed E-state index contributed by atoms with van der Waals surface area (Å²) in [5, 5.41) is -0.341. The molecule has 0 radical (unpaired) electrons. The van der Waals surface area contributed by atoms with E-state index in [1.165, 1.54) is 0 Å². The Balaban J connectivity index is 1.71. The second-order valence-corrected chi connectivity index (χ2v) is 9.31. The first-order chi connectivity index (χ1) is 11.4. The second kappa shape index (κ2) is 6.80. The van der Waals surface area contributed by atoms with Crippen LogP contribution in [0.2, 0.25) is 0 Å². The highest BCUT2D eigenvalue weighted by atomic mass is 32.2. The Morgan fingerprint density at radius 1 is 1.25 bits per heavy atom. The molecular formula is C17H25N3O3S. The third kappa shape index (κ3) is 3.32. The van der Waals surface area contributed by atoms with Gasteiger partial charge in [-0.2, -0.15) is 0 Å². The first-order valence-corrected chi connectivity index (χ1v) is 10.1. The average Bonchev–Trinajstić information content (AvgIpc) is 2.70. The van der Waals surface area contributed by atoms with Gasteiger partial charge in [0.15, 0.2) is 0 Å². The quantitative estimate of drug-likeness (QED) is 0.829. The lowest BCUT2D eigenvalue weighted by Gasteiger charge is -2.22. The molecule has 3 rings (SSSR count). The van der Waals surface area contributed by atoms with Crippen molar-refractivity contribution in [2.75, 3.05) is 26.2 Å². The number of sulfonamides is 1. The van der Waals surface area contributed by atoms with Crippen LogP contribution >= 0.6 is 0 Å². The van der Waals surface area contributed by atoms with Crippen molar-refractivity contribution in [2.24, 2.45) is 11.8 Å². The summed E-state index contributed by atoms with van der Waals surface area (Å²) in [6.45, 7) is 6.39. The highest BCUT2D eigenvalue weighted by Crippen LogP contribution is 2.34. The maximum Gasteiger partial charge on any atom is 0.253 e. The normalized spacial score (nSPS) is 27.0. The van der Waals surface area contributed by atoms with Crippen LogP contribution in [0.5, 0.6) is 0 Å². The van der Waals surface area contributed by atoms with Crippen LogP contribution in [-0.4, -0.2) is 59.9 Å². The van der Waals surface area contributed by atoms with Gasteiger partial charge in [-0.3, -0.25) is 9.78 Å². The molecule has 24 heavy (non-hydrogen) atoms. The number of aromatic nitrogens is 1. The van der Waals surface area contributed by atoms with Gasteiger partial charge < -0.3 is 4.90 Å². The number of likely N-dealkylation sites (tertiary alicyclic amines) is 1. The van der Waals surface area contributed by atoms with Gasteiger partial charge in [-0.25, -0.2) is 12.7 Å². The van der Waals surface area contributed by atoms with E-state index in [1.807, 2.05) is 13.8 Å². The fraction of sp³-hybridized carbons (Fsp3) is 0.647. The van der Waals surface area contributed by atoms with Crippen molar-refractivity contribution >= 4 is 15.9 Å². The lowest BCUT2D eigenvalue weighted by atomic mass is 10.0. The van der Waals surface area contributed by atoms with E-state index in [-0.39, 0.29) is 17.1 Å².